The molecule has 0 unspecified atom stereocenters. The summed E-state index contributed by atoms with van der Waals surface area (Å²) in [4.78, 5) is 21.4. The van der Waals surface area contributed by atoms with Crippen LogP contribution in [0.5, 0.6) is 5.75 Å². The number of allylic oxidation sites excluding steroid dienone is 1. The molecular weight excluding hydrogens is 488 g/mol. The summed E-state index contributed by atoms with van der Waals surface area (Å²) >= 11 is 0. The third-order valence-corrected chi connectivity index (χ3v) is 7.16. The summed E-state index contributed by atoms with van der Waals surface area (Å²) < 4.78 is 15.3. The molecule has 39 heavy (non-hydrogen) atoms. The summed E-state index contributed by atoms with van der Waals surface area (Å²) in [6.45, 7) is 7.64. The molecule has 0 spiro atoms. The fourth-order valence-corrected chi connectivity index (χ4v) is 5.21. The van der Waals surface area contributed by atoms with E-state index in [4.69, 9.17) is 14.5 Å². The minimum Gasteiger partial charge on any atom is -0.494 e. The number of ketones is 1. The Kier molecular flexibility index (Phi) is 7.25. The highest BCUT2D eigenvalue weighted by Gasteiger charge is 2.25. The smallest absolute Gasteiger partial charge is 0.216 e. The van der Waals surface area contributed by atoms with Gasteiger partial charge in [0, 0.05) is 31.7 Å². The van der Waals surface area contributed by atoms with Crippen molar-refractivity contribution in [2.24, 2.45) is 0 Å². The highest BCUT2D eigenvalue weighted by atomic mass is 16.5. The van der Waals surface area contributed by atoms with Crippen LogP contribution >= 0.6 is 0 Å². The molecule has 1 saturated heterocycles. The molecule has 0 saturated carbocycles. The van der Waals surface area contributed by atoms with E-state index in [9.17, 15) is 4.79 Å². The van der Waals surface area contributed by atoms with Crippen LogP contribution in [0.15, 0.2) is 84.9 Å². The predicted molar refractivity (Wildman–Crippen MR) is 154 cm³/mol. The van der Waals surface area contributed by atoms with Gasteiger partial charge in [-0.15, -0.1) is 0 Å². The highest BCUT2D eigenvalue weighted by Crippen LogP contribution is 2.31. The highest BCUT2D eigenvalue weighted by molar-refractivity contribution is 6.11. The van der Waals surface area contributed by atoms with Gasteiger partial charge < -0.3 is 14.0 Å². The van der Waals surface area contributed by atoms with Gasteiger partial charge in [-0.1, -0.05) is 60.7 Å². The average Bonchev–Trinajstić information content (AvgIpc) is 3.52. The number of morpholine rings is 1. The lowest BCUT2D eigenvalue weighted by atomic mass is 10.1. The van der Waals surface area contributed by atoms with E-state index in [2.05, 4.69) is 21.6 Å². The van der Waals surface area contributed by atoms with Crippen molar-refractivity contribution >= 4 is 28.7 Å². The number of rotatable bonds is 9. The van der Waals surface area contributed by atoms with Gasteiger partial charge in [0.25, 0.3) is 0 Å². The minimum absolute atomic E-state index is 0.0914. The Morgan fingerprint density at radius 1 is 0.923 bits per heavy atom. The SMILES string of the molecule is CCOc1ccc(/C=C\C(=O)c2c(-c3ccccc3)nc3n(CCN4CCOCC4)c4ccccc4n23)cc1. The molecule has 3 aromatic carbocycles. The number of nitrogens with zero attached hydrogens (tertiary/aromatic N) is 4. The first-order chi connectivity index (χ1) is 19.2. The van der Waals surface area contributed by atoms with Crippen molar-refractivity contribution in [1.82, 2.24) is 18.9 Å². The molecule has 198 valence electrons. The Morgan fingerprint density at radius 2 is 1.64 bits per heavy atom. The quantitative estimate of drug-likeness (QED) is 0.188. The van der Waals surface area contributed by atoms with Crippen LogP contribution in [-0.2, 0) is 11.3 Å². The van der Waals surface area contributed by atoms with Crippen molar-refractivity contribution in [3.63, 3.8) is 0 Å². The first-order valence-corrected chi connectivity index (χ1v) is 13.5. The zero-order chi connectivity index (χ0) is 26.6. The third-order valence-electron chi connectivity index (χ3n) is 7.16. The number of carbonyl (C=O) groups excluding carboxylic acids is 1. The molecule has 0 atom stereocenters. The summed E-state index contributed by atoms with van der Waals surface area (Å²) in [5.74, 6) is 1.50. The molecule has 1 aliphatic rings. The summed E-state index contributed by atoms with van der Waals surface area (Å²) in [5.41, 5.74) is 5.15. The fourth-order valence-electron chi connectivity index (χ4n) is 5.21. The Balaban J connectivity index is 1.44. The molecule has 0 radical (unpaired) electrons. The lowest BCUT2D eigenvalue weighted by molar-refractivity contribution is 0.0366. The molecule has 0 aliphatic carbocycles. The van der Waals surface area contributed by atoms with Crippen molar-refractivity contribution in [2.45, 2.75) is 13.5 Å². The zero-order valence-corrected chi connectivity index (χ0v) is 22.1. The molecule has 0 amide bonds. The monoisotopic (exact) mass is 520 g/mol. The van der Waals surface area contributed by atoms with Crippen molar-refractivity contribution in [3.05, 3.63) is 96.2 Å². The molecule has 6 rings (SSSR count). The van der Waals surface area contributed by atoms with Crippen molar-refractivity contribution in [2.75, 3.05) is 39.5 Å². The van der Waals surface area contributed by atoms with Gasteiger partial charge in [-0.05, 0) is 42.8 Å². The van der Waals surface area contributed by atoms with Gasteiger partial charge in [-0.25, -0.2) is 4.98 Å². The van der Waals surface area contributed by atoms with Gasteiger partial charge in [0.05, 0.1) is 30.9 Å². The molecule has 5 aromatic rings. The molecule has 1 aliphatic heterocycles. The molecule has 7 nitrogen and oxygen atoms in total. The number of hydrogen-bond donors (Lipinski definition) is 0. The zero-order valence-electron chi connectivity index (χ0n) is 22.1. The van der Waals surface area contributed by atoms with Crippen molar-refractivity contribution in [3.8, 4) is 17.0 Å². The first-order valence-electron chi connectivity index (χ1n) is 13.5. The summed E-state index contributed by atoms with van der Waals surface area (Å²) in [5, 5.41) is 0. The lowest BCUT2D eigenvalue weighted by Gasteiger charge is -2.26. The lowest BCUT2D eigenvalue weighted by Crippen LogP contribution is -2.38. The summed E-state index contributed by atoms with van der Waals surface area (Å²) in [7, 11) is 0. The second kappa shape index (κ2) is 11.3. The van der Waals surface area contributed by atoms with E-state index < -0.39 is 0 Å². The summed E-state index contributed by atoms with van der Waals surface area (Å²) in [6, 6.07) is 25.9. The molecule has 1 fully saturated rings. The third kappa shape index (κ3) is 5.11. The second-order valence-corrected chi connectivity index (χ2v) is 9.60. The van der Waals surface area contributed by atoms with Gasteiger partial charge in [0.1, 0.15) is 17.1 Å². The Morgan fingerprint density at radius 3 is 2.38 bits per heavy atom. The van der Waals surface area contributed by atoms with Crippen LogP contribution in [0, 0.1) is 0 Å². The van der Waals surface area contributed by atoms with Crippen LogP contribution in [0.4, 0.5) is 0 Å². The maximum absolute atomic E-state index is 13.9. The average molecular weight is 521 g/mol. The topological polar surface area (TPSA) is 61.0 Å². The van der Waals surface area contributed by atoms with Crippen LogP contribution in [0.25, 0.3) is 34.1 Å². The number of carbonyl (C=O) groups is 1. The van der Waals surface area contributed by atoms with E-state index in [1.807, 2.05) is 84.1 Å². The van der Waals surface area contributed by atoms with Gasteiger partial charge >= 0.3 is 0 Å². The minimum atomic E-state index is -0.0914. The Hall–Kier alpha value is -4.20. The van der Waals surface area contributed by atoms with Crippen LogP contribution in [0.3, 0.4) is 0 Å². The van der Waals surface area contributed by atoms with Gasteiger partial charge in [-0.2, -0.15) is 0 Å². The number of fused-ring (bicyclic) bond motifs is 3. The Bertz CT molecular complexity index is 1610. The van der Waals surface area contributed by atoms with E-state index in [1.54, 1.807) is 6.08 Å². The molecule has 2 aromatic heterocycles. The number of aromatic nitrogens is 3. The maximum Gasteiger partial charge on any atom is 0.216 e. The van der Waals surface area contributed by atoms with E-state index in [-0.39, 0.29) is 5.78 Å². The van der Waals surface area contributed by atoms with Crippen LogP contribution in [0.1, 0.15) is 23.0 Å². The molecule has 0 N–H and O–H groups in total. The maximum atomic E-state index is 13.9. The van der Waals surface area contributed by atoms with Crippen LogP contribution < -0.4 is 4.74 Å². The van der Waals surface area contributed by atoms with Gasteiger partial charge in [0.2, 0.25) is 11.6 Å². The molecule has 7 heteroatoms. The van der Waals surface area contributed by atoms with E-state index in [0.717, 1.165) is 73.1 Å². The number of benzene rings is 3. The number of imidazole rings is 2. The van der Waals surface area contributed by atoms with E-state index in [0.29, 0.717) is 18.0 Å². The fraction of sp³-hybridized carbons (Fsp3) is 0.250. The first kappa shape index (κ1) is 25.1. The standard InChI is InChI=1S/C32H32N4O3/c1-2-39-26-15-12-24(13-16-26)14-17-29(37)31-30(25-8-4-3-5-9-25)33-32-35(19-18-34-20-22-38-23-21-34)27-10-6-7-11-28(27)36(31)32/h3-17H,2,18-23H2,1H3/b17-14-. The van der Waals surface area contributed by atoms with E-state index in [1.165, 1.54) is 0 Å². The number of hydrogen-bond acceptors (Lipinski definition) is 5. The normalized spacial score (nSPS) is 14.5. The predicted octanol–water partition coefficient (Wildman–Crippen LogP) is 5.58. The molecular formula is C32H32N4O3. The van der Waals surface area contributed by atoms with Crippen molar-refractivity contribution in [1.29, 1.82) is 0 Å². The van der Waals surface area contributed by atoms with Crippen LogP contribution in [-0.4, -0.2) is 64.1 Å². The summed E-state index contributed by atoms with van der Waals surface area (Å²) in [6.07, 6.45) is 3.50. The van der Waals surface area contributed by atoms with Crippen molar-refractivity contribution < 1.29 is 14.3 Å². The Labute approximate surface area is 227 Å². The molecule has 0 bridgehead atoms. The second-order valence-electron chi connectivity index (χ2n) is 9.60. The van der Waals surface area contributed by atoms with Crippen LogP contribution in [0.2, 0.25) is 0 Å². The largest absolute Gasteiger partial charge is 0.494 e. The van der Waals surface area contributed by atoms with Gasteiger partial charge in [-0.3, -0.25) is 14.1 Å². The molecule has 3 heterocycles. The number of para-hydroxylation sites is 2. The van der Waals surface area contributed by atoms with Gasteiger partial charge in [0.15, 0.2) is 0 Å². The van der Waals surface area contributed by atoms with E-state index >= 15 is 0 Å². The number of ether oxygens (including phenoxy) is 2.